The van der Waals surface area contributed by atoms with E-state index in [4.69, 9.17) is 9.15 Å². The standard InChI is InChI=1S/C20H20N4O3/c1-4-15(16-11-24-9-5-8-21-20(24)23-16)22-19(25)18-12(2)14-7-6-13(26-3)10-17(14)27-18/h5-11,15H,4H2,1-3H3,(H,22,25)/t15-/m0/s1. The summed E-state index contributed by atoms with van der Waals surface area (Å²) in [6, 6.07) is 7.13. The Kier molecular flexibility index (Phi) is 4.27. The van der Waals surface area contributed by atoms with E-state index in [1.165, 1.54) is 0 Å². The van der Waals surface area contributed by atoms with Crippen molar-refractivity contribution in [1.82, 2.24) is 19.7 Å². The molecule has 138 valence electrons. The molecule has 0 saturated carbocycles. The lowest BCUT2D eigenvalue weighted by Crippen LogP contribution is -2.28. The first kappa shape index (κ1) is 17.1. The molecule has 0 fully saturated rings. The third kappa shape index (κ3) is 3.01. The SMILES string of the molecule is CC[C@H](NC(=O)c1oc2cc(OC)ccc2c1C)c1cn2cccnc2n1. The largest absolute Gasteiger partial charge is 0.497 e. The Bertz CT molecular complexity index is 1100. The predicted molar refractivity (Wildman–Crippen MR) is 101 cm³/mol. The summed E-state index contributed by atoms with van der Waals surface area (Å²) in [6.07, 6.45) is 6.15. The predicted octanol–water partition coefficient (Wildman–Crippen LogP) is 3.67. The summed E-state index contributed by atoms with van der Waals surface area (Å²) >= 11 is 0. The minimum atomic E-state index is -0.264. The van der Waals surface area contributed by atoms with E-state index < -0.39 is 0 Å². The fourth-order valence-electron chi connectivity index (χ4n) is 3.17. The number of aromatic nitrogens is 3. The molecule has 1 atom stereocenters. The Morgan fingerprint density at radius 1 is 1.41 bits per heavy atom. The minimum absolute atomic E-state index is 0.235. The van der Waals surface area contributed by atoms with Gasteiger partial charge in [0, 0.05) is 35.6 Å². The summed E-state index contributed by atoms with van der Waals surface area (Å²) in [5, 5.41) is 3.92. The minimum Gasteiger partial charge on any atom is -0.497 e. The summed E-state index contributed by atoms with van der Waals surface area (Å²) in [7, 11) is 1.60. The maximum atomic E-state index is 12.9. The van der Waals surface area contributed by atoms with Crippen LogP contribution in [0.4, 0.5) is 0 Å². The number of methoxy groups -OCH3 is 1. The number of rotatable bonds is 5. The van der Waals surface area contributed by atoms with Gasteiger partial charge in [0.1, 0.15) is 11.3 Å². The number of hydrogen-bond acceptors (Lipinski definition) is 5. The number of carbonyl (C=O) groups excluding carboxylic acids is 1. The van der Waals surface area contributed by atoms with E-state index in [0.717, 1.165) is 16.6 Å². The normalized spacial score (nSPS) is 12.4. The molecule has 7 nitrogen and oxygen atoms in total. The fourth-order valence-corrected chi connectivity index (χ4v) is 3.17. The van der Waals surface area contributed by atoms with E-state index in [1.54, 1.807) is 19.4 Å². The highest BCUT2D eigenvalue weighted by Crippen LogP contribution is 2.29. The molecule has 3 aromatic heterocycles. The Morgan fingerprint density at radius 3 is 3.00 bits per heavy atom. The number of carbonyl (C=O) groups is 1. The maximum Gasteiger partial charge on any atom is 0.287 e. The van der Waals surface area contributed by atoms with Gasteiger partial charge in [0.05, 0.1) is 18.8 Å². The van der Waals surface area contributed by atoms with Crippen molar-refractivity contribution in [2.75, 3.05) is 7.11 Å². The lowest BCUT2D eigenvalue weighted by Gasteiger charge is -2.13. The van der Waals surface area contributed by atoms with Crippen molar-refractivity contribution in [2.45, 2.75) is 26.3 Å². The molecule has 1 amide bonds. The first-order valence-corrected chi connectivity index (χ1v) is 8.78. The lowest BCUT2D eigenvalue weighted by atomic mass is 10.1. The third-order valence-electron chi connectivity index (χ3n) is 4.68. The molecule has 0 unspecified atom stereocenters. The van der Waals surface area contributed by atoms with Crippen molar-refractivity contribution in [1.29, 1.82) is 0 Å². The highest BCUT2D eigenvalue weighted by molar-refractivity contribution is 5.99. The van der Waals surface area contributed by atoms with Crippen molar-refractivity contribution in [2.24, 2.45) is 0 Å². The molecule has 27 heavy (non-hydrogen) atoms. The van der Waals surface area contributed by atoms with Crippen LogP contribution in [0.5, 0.6) is 5.75 Å². The molecule has 0 bridgehead atoms. The van der Waals surface area contributed by atoms with Crippen LogP contribution in [-0.4, -0.2) is 27.4 Å². The zero-order valence-electron chi connectivity index (χ0n) is 15.4. The van der Waals surface area contributed by atoms with E-state index >= 15 is 0 Å². The van der Waals surface area contributed by atoms with Crippen molar-refractivity contribution in [3.05, 3.63) is 59.9 Å². The molecule has 3 heterocycles. The van der Waals surface area contributed by atoms with E-state index in [0.29, 0.717) is 29.3 Å². The van der Waals surface area contributed by atoms with Crippen LogP contribution in [0, 0.1) is 6.92 Å². The molecule has 7 heteroatoms. The topological polar surface area (TPSA) is 81.7 Å². The second kappa shape index (κ2) is 6.75. The van der Waals surface area contributed by atoms with Gasteiger partial charge in [-0.25, -0.2) is 9.97 Å². The Morgan fingerprint density at radius 2 is 2.26 bits per heavy atom. The average Bonchev–Trinajstić information content (AvgIpc) is 3.26. The Hall–Kier alpha value is -3.35. The van der Waals surface area contributed by atoms with Gasteiger partial charge >= 0.3 is 0 Å². The first-order chi connectivity index (χ1) is 13.1. The number of ether oxygens (including phenoxy) is 1. The molecule has 1 aromatic carbocycles. The van der Waals surface area contributed by atoms with Crippen LogP contribution < -0.4 is 10.1 Å². The van der Waals surface area contributed by atoms with Crippen LogP contribution in [-0.2, 0) is 0 Å². The number of nitrogens with zero attached hydrogens (tertiary/aromatic N) is 3. The number of benzene rings is 1. The molecule has 4 rings (SSSR count). The number of fused-ring (bicyclic) bond motifs is 2. The van der Waals surface area contributed by atoms with Crippen LogP contribution in [0.3, 0.4) is 0 Å². The van der Waals surface area contributed by atoms with E-state index in [-0.39, 0.29) is 11.9 Å². The van der Waals surface area contributed by atoms with Gasteiger partial charge in [0.25, 0.3) is 5.91 Å². The molecule has 0 spiro atoms. The number of nitrogens with one attached hydrogen (secondary N) is 1. The van der Waals surface area contributed by atoms with Crippen molar-refractivity contribution in [3.8, 4) is 5.75 Å². The van der Waals surface area contributed by atoms with E-state index in [1.807, 2.05) is 48.8 Å². The molecule has 0 aliphatic rings. The van der Waals surface area contributed by atoms with Crippen molar-refractivity contribution >= 4 is 22.7 Å². The average molecular weight is 364 g/mol. The van der Waals surface area contributed by atoms with Gasteiger partial charge in [-0.1, -0.05) is 6.92 Å². The van der Waals surface area contributed by atoms with Crippen LogP contribution in [0.25, 0.3) is 16.7 Å². The van der Waals surface area contributed by atoms with Crippen LogP contribution in [0.2, 0.25) is 0 Å². The smallest absolute Gasteiger partial charge is 0.287 e. The molecule has 4 aromatic rings. The number of hydrogen-bond donors (Lipinski definition) is 1. The van der Waals surface area contributed by atoms with Gasteiger partial charge in [-0.3, -0.25) is 9.20 Å². The van der Waals surface area contributed by atoms with Gasteiger partial charge in [-0.2, -0.15) is 0 Å². The van der Waals surface area contributed by atoms with E-state index in [2.05, 4.69) is 15.3 Å². The Labute approximate surface area is 156 Å². The van der Waals surface area contributed by atoms with Gasteiger partial charge < -0.3 is 14.5 Å². The summed E-state index contributed by atoms with van der Waals surface area (Å²) in [4.78, 5) is 21.6. The third-order valence-corrected chi connectivity index (χ3v) is 4.68. The highest BCUT2D eigenvalue weighted by Gasteiger charge is 2.22. The van der Waals surface area contributed by atoms with Gasteiger partial charge in [-0.05, 0) is 31.5 Å². The second-order valence-corrected chi connectivity index (χ2v) is 6.35. The number of furan rings is 1. The summed E-state index contributed by atoms with van der Waals surface area (Å²) in [6.45, 7) is 3.88. The first-order valence-electron chi connectivity index (χ1n) is 8.78. The van der Waals surface area contributed by atoms with E-state index in [9.17, 15) is 4.79 Å². The van der Waals surface area contributed by atoms with Gasteiger partial charge in [-0.15, -0.1) is 0 Å². The zero-order valence-corrected chi connectivity index (χ0v) is 15.4. The highest BCUT2D eigenvalue weighted by atomic mass is 16.5. The van der Waals surface area contributed by atoms with Crippen molar-refractivity contribution < 1.29 is 13.9 Å². The maximum absolute atomic E-state index is 12.9. The van der Waals surface area contributed by atoms with Crippen LogP contribution in [0.15, 0.2) is 47.3 Å². The lowest BCUT2D eigenvalue weighted by molar-refractivity contribution is 0.0908. The van der Waals surface area contributed by atoms with Crippen LogP contribution >= 0.6 is 0 Å². The molecular weight excluding hydrogens is 344 g/mol. The molecule has 0 aliphatic carbocycles. The van der Waals surface area contributed by atoms with Gasteiger partial charge in [0.15, 0.2) is 5.76 Å². The molecule has 0 saturated heterocycles. The fraction of sp³-hybridized carbons (Fsp3) is 0.250. The molecule has 1 N–H and O–H groups in total. The zero-order chi connectivity index (χ0) is 19.0. The second-order valence-electron chi connectivity index (χ2n) is 6.35. The molecule has 0 aliphatic heterocycles. The Balaban J connectivity index is 1.63. The summed E-state index contributed by atoms with van der Waals surface area (Å²) < 4.78 is 12.9. The quantitative estimate of drug-likeness (QED) is 0.584. The number of amides is 1. The van der Waals surface area contributed by atoms with Crippen LogP contribution in [0.1, 0.15) is 41.2 Å². The van der Waals surface area contributed by atoms with Crippen molar-refractivity contribution in [3.63, 3.8) is 0 Å². The summed E-state index contributed by atoms with van der Waals surface area (Å²) in [5.74, 6) is 1.33. The summed E-state index contributed by atoms with van der Waals surface area (Å²) in [5.41, 5.74) is 2.19. The number of aryl methyl sites for hydroxylation is 1. The van der Waals surface area contributed by atoms with Gasteiger partial charge in [0.2, 0.25) is 5.78 Å². The number of imidazole rings is 1. The molecule has 0 radical (unpaired) electrons. The monoisotopic (exact) mass is 364 g/mol. The molecular formula is C20H20N4O3.